The van der Waals surface area contributed by atoms with Crippen molar-refractivity contribution in [1.82, 2.24) is 14.5 Å². The van der Waals surface area contributed by atoms with E-state index in [9.17, 15) is 0 Å². The van der Waals surface area contributed by atoms with Crippen molar-refractivity contribution >= 4 is 44.7 Å². The molecule has 1 aliphatic rings. The van der Waals surface area contributed by atoms with E-state index < -0.39 is 0 Å². The Labute approximate surface area is 267 Å². The maximum Gasteiger partial charge on any atom is 0.235 e. The average Bonchev–Trinajstić information content (AvgIpc) is 3.61. The summed E-state index contributed by atoms with van der Waals surface area (Å²) in [6, 6.07) is 49.8. The van der Waals surface area contributed by atoms with Gasteiger partial charge in [0.1, 0.15) is 0 Å². The minimum absolute atomic E-state index is 0.138. The number of aromatic nitrogens is 3. The molecule has 3 heteroatoms. The molecule has 0 spiro atoms. The highest BCUT2D eigenvalue weighted by molar-refractivity contribution is 6.21. The van der Waals surface area contributed by atoms with Gasteiger partial charge in [-0.2, -0.15) is 0 Å². The summed E-state index contributed by atoms with van der Waals surface area (Å²) in [5.41, 5.74) is 8.78. The van der Waals surface area contributed by atoms with E-state index in [1.54, 1.807) is 0 Å². The van der Waals surface area contributed by atoms with Crippen LogP contribution in [-0.2, 0) is 0 Å². The molecule has 8 aromatic rings. The van der Waals surface area contributed by atoms with Crippen LogP contribution in [0, 0.1) is 5.41 Å². The Bertz CT molecular complexity index is 2540. The minimum atomic E-state index is -0.138. The maximum absolute atomic E-state index is 5.47. The van der Waals surface area contributed by atoms with E-state index in [0.717, 1.165) is 44.0 Å². The number of fused-ring (bicyclic) bond motifs is 6. The Morgan fingerprint density at radius 3 is 1.83 bits per heavy atom. The van der Waals surface area contributed by atoms with Crippen molar-refractivity contribution in [3.05, 3.63) is 150 Å². The lowest BCUT2D eigenvalue weighted by Gasteiger charge is -2.13. The molecule has 0 fully saturated rings. The van der Waals surface area contributed by atoms with E-state index >= 15 is 0 Å². The molecule has 0 N–H and O–H groups in total. The first kappa shape index (κ1) is 26.6. The van der Waals surface area contributed by atoms with Crippen LogP contribution in [-0.4, -0.2) is 14.5 Å². The summed E-state index contributed by atoms with van der Waals surface area (Å²) in [5.74, 6) is 0.684. The molecule has 1 aliphatic carbocycles. The zero-order valence-electron chi connectivity index (χ0n) is 25.8. The van der Waals surface area contributed by atoms with E-state index in [0.29, 0.717) is 5.95 Å². The van der Waals surface area contributed by atoms with Gasteiger partial charge >= 0.3 is 0 Å². The number of hydrogen-bond acceptors (Lipinski definition) is 2. The SMILES string of the molecule is CC1(C)C=c2nc(-n3c4ccccc4c4c5ccccc5ccc43)nc(-c3cc(-c4ccccc4)cc(-c4ccccc4)c3)c2=C1. The van der Waals surface area contributed by atoms with Crippen LogP contribution < -0.4 is 10.6 Å². The van der Waals surface area contributed by atoms with E-state index in [2.05, 4.69) is 170 Å². The van der Waals surface area contributed by atoms with Crippen molar-refractivity contribution in [1.29, 1.82) is 0 Å². The highest BCUT2D eigenvalue weighted by Gasteiger charge is 2.23. The zero-order chi connectivity index (χ0) is 30.8. The lowest BCUT2D eigenvalue weighted by molar-refractivity contribution is 0.723. The van der Waals surface area contributed by atoms with Gasteiger partial charge in [0.15, 0.2) is 0 Å². The van der Waals surface area contributed by atoms with Crippen LogP contribution in [0.4, 0.5) is 0 Å². The monoisotopic (exact) mass is 589 g/mol. The van der Waals surface area contributed by atoms with Crippen LogP contribution >= 0.6 is 0 Å². The van der Waals surface area contributed by atoms with Gasteiger partial charge < -0.3 is 0 Å². The van der Waals surface area contributed by atoms with Crippen molar-refractivity contribution in [3.8, 4) is 39.5 Å². The van der Waals surface area contributed by atoms with Crippen molar-refractivity contribution < 1.29 is 0 Å². The molecule has 0 saturated carbocycles. The Morgan fingerprint density at radius 1 is 0.500 bits per heavy atom. The molecule has 0 aliphatic heterocycles. The van der Waals surface area contributed by atoms with E-state index in [1.807, 2.05) is 0 Å². The summed E-state index contributed by atoms with van der Waals surface area (Å²) in [6.45, 7) is 4.47. The molecular weight excluding hydrogens is 558 g/mol. The van der Waals surface area contributed by atoms with Crippen molar-refractivity contribution in [2.45, 2.75) is 13.8 Å². The Kier molecular flexibility index (Phi) is 5.85. The number of nitrogens with zero attached hydrogens (tertiary/aromatic N) is 3. The van der Waals surface area contributed by atoms with Crippen LogP contribution in [0.2, 0.25) is 0 Å². The fourth-order valence-corrected chi connectivity index (χ4v) is 7.13. The van der Waals surface area contributed by atoms with Crippen LogP contribution in [0.15, 0.2) is 140 Å². The largest absolute Gasteiger partial charge is 0.278 e. The number of benzene rings is 6. The van der Waals surface area contributed by atoms with E-state index in [4.69, 9.17) is 9.97 Å². The summed E-state index contributed by atoms with van der Waals surface area (Å²) in [6.07, 6.45) is 4.59. The maximum atomic E-state index is 5.47. The summed E-state index contributed by atoms with van der Waals surface area (Å²) in [5, 5.41) is 6.96. The third-order valence-electron chi connectivity index (χ3n) is 9.17. The van der Waals surface area contributed by atoms with E-state index in [1.165, 1.54) is 32.7 Å². The highest BCUT2D eigenvalue weighted by atomic mass is 15.2. The third-order valence-corrected chi connectivity index (χ3v) is 9.17. The Morgan fingerprint density at radius 2 is 1.11 bits per heavy atom. The third kappa shape index (κ3) is 4.28. The second kappa shape index (κ2) is 10.1. The van der Waals surface area contributed by atoms with Gasteiger partial charge in [-0.3, -0.25) is 4.57 Å². The molecule has 9 rings (SSSR count). The number of para-hydroxylation sites is 1. The predicted molar refractivity (Wildman–Crippen MR) is 192 cm³/mol. The van der Waals surface area contributed by atoms with Crippen LogP contribution in [0.3, 0.4) is 0 Å². The topological polar surface area (TPSA) is 30.7 Å². The lowest BCUT2D eigenvalue weighted by atomic mass is 9.93. The smallest absolute Gasteiger partial charge is 0.235 e. The quantitative estimate of drug-likeness (QED) is 0.205. The van der Waals surface area contributed by atoms with Crippen LogP contribution in [0.5, 0.6) is 0 Å². The summed E-state index contributed by atoms with van der Waals surface area (Å²) in [4.78, 5) is 10.8. The first-order chi connectivity index (χ1) is 22.5. The molecule has 6 aromatic carbocycles. The number of hydrogen-bond donors (Lipinski definition) is 0. The Balaban J connectivity index is 1.37. The molecule has 2 aromatic heterocycles. The molecule has 2 heterocycles. The van der Waals surface area contributed by atoms with Gasteiger partial charge in [0.25, 0.3) is 0 Å². The van der Waals surface area contributed by atoms with Gasteiger partial charge in [0.05, 0.1) is 22.1 Å². The first-order valence-corrected chi connectivity index (χ1v) is 15.8. The molecule has 0 saturated heterocycles. The predicted octanol–water partition coefficient (Wildman–Crippen LogP) is 9.33. The fourth-order valence-electron chi connectivity index (χ4n) is 7.13. The van der Waals surface area contributed by atoms with Crippen LogP contribution in [0.25, 0.3) is 84.2 Å². The lowest BCUT2D eigenvalue weighted by Crippen LogP contribution is -2.30. The second-order valence-corrected chi connectivity index (χ2v) is 12.8. The van der Waals surface area contributed by atoms with Crippen LogP contribution in [0.1, 0.15) is 13.8 Å². The van der Waals surface area contributed by atoms with Gasteiger partial charge in [-0.05, 0) is 69.4 Å². The van der Waals surface area contributed by atoms with Gasteiger partial charge in [0.2, 0.25) is 5.95 Å². The molecule has 0 unspecified atom stereocenters. The molecule has 3 nitrogen and oxygen atoms in total. The Hall–Kier alpha value is -5.80. The first-order valence-electron chi connectivity index (χ1n) is 15.8. The molecule has 46 heavy (non-hydrogen) atoms. The van der Waals surface area contributed by atoms with Crippen molar-refractivity contribution in [2.24, 2.45) is 5.41 Å². The van der Waals surface area contributed by atoms with Gasteiger partial charge in [-0.1, -0.05) is 129 Å². The highest BCUT2D eigenvalue weighted by Crippen LogP contribution is 2.37. The molecule has 0 radical (unpaired) electrons. The molecule has 218 valence electrons. The standard InChI is InChI=1S/C43H31N3/c1-43(2)26-36-37(27-43)44-42(46-38-20-12-11-19-35(38)40-34-18-10-9-17-30(34)21-22-39(40)46)45-41(36)33-24-31(28-13-5-3-6-14-28)23-32(25-33)29-15-7-4-8-16-29/h3-27H,1-2H3. The fraction of sp³-hybridized carbons (Fsp3) is 0.0698. The van der Waals surface area contributed by atoms with Gasteiger partial charge in [-0.25, -0.2) is 9.97 Å². The number of rotatable bonds is 4. The van der Waals surface area contributed by atoms with Gasteiger partial charge in [-0.15, -0.1) is 0 Å². The summed E-state index contributed by atoms with van der Waals surface area (Å²) in [7, 11) is 0. The second-order valence-electron chi connectivity index (χ2n) is 12.8. The molecular formula is C43H31N3. The summed E-state index contributed by atoms with van der Waals surface area (Å²) >= 11 is 0. The van der Waals surface area contributed by atoms with E-state index in [-0.39, 0.29) is 5.41 Å². The average molecular weight is 590 g/mol. The van der Waals surface area contributed by atoms with Crippen molar-refractivity contribution in [2.75, 3.05) is 0 Å². The summed E-state index contributed by atoms with van der Waals surface area (Å²) < 4.78 is 2.25. The normalized spacial score (nSPS) is 13.5. The zero-order valence-corrected chi connectivity index (χ0v) is 25.8. The molecule has 0 atom stereocenters. The molecule has 0 bridgehead atoms. The minimum Gasteiger partial charge on any atom is -0.278 e. The van der Waals surface area contributed by atoms with Gasteiger partial charge in [0, 0.05) is 27.0 Å². The molecule has 0 amide bonds. The van der Waals surface area contributed by atoms with Crippen molar-refractivity contribution in [3.63, 3.8) is 0 Å².